The SMILES string of the molecule is CNC(=O)COc1cc(C#N)ccc1CNC(=O)c1cc(Cl)cc(C(=O)OC)c1. The second kappa shape index (κ2) is 10.1. The number of likely N-dealkylation sites (N-methyl/N-ethyl adjacent to an activating group) is 1. The lowest BCUT2D eigenvalue weighted by Crippen LogP contribution is -2.26. The van der Waals surface area contributed by atoms with Crippen molar-refractivity contribution in [2.24, 2.45) is 0 Å². The molecule has 0 unspecified atom stereocenters. The van der Waals surface area contributed by atoms with Gasteiger partial charge in [0.15, 0.2) is 6.61 Å². The molecule has 2 rings (SSSR count). The first-order valence-electron chi connectivity index (χ1n) is 8.41. The van der Waals surface area contributed by atoms with E-state index in [0.29, 0.717) is 16.9 Å². The third-order valence-corrected chi connectivity index (χ3v) is 4.07. The molecule has 0 atom stereocenters. The summed E-state index contributed by atoms with van der Waals surface area (Å²) in [5, 5.41) is 14.4. The predicted octanol–water partition coefficient (Wildman–Crippen LogP) is 2.05. The van der Waals surface area contributed by atoms with Crippen LogP contribution in [0.2, 0.25) is 5.02 Å². The van der Waals surface area contributed by atoms with Gasteiger partial charge in [0, 0.05) is 29.7 Å². The summed E-state index contributed by atoms with van der Waals surface area (Å²) in [6.07, 6.45) is 0. The number of amides is 2. The predicted molar refractivity (Wildman–Crippen MR) is 105 cm³/mol. The Kier molecular flexibility index (Phi) is 7.57. The largest absolute Gasteiger partial charge is 0.483 e. The van der Waals surface area contributed by atoms with Crippen LogP contribution in [0.5, 0.6) is 5.75 Å². The number of hydrogen-bond donors (Lipinski definition) is 2. The summed E-state index contributed by atoms with van der Waals surface area (Å²) >= 11 is 5.98. The topological polar surface area (TPSA) is 118 Å². The fraction of sp³-hybridized carbons (Fsp3) is 0.200. The Hall–Kier alpha value is -3.57. The van der Waals surface area contributed by atoms with Crippen molar-refractivity contribution < 1.29 is 23.9 Å². The number of nitrogens with zero attached hydrogens (tertiary/aromatic N) is 1. The van der Waals surface area contributed by atoms with Crippen LogP contribution in [0.15, 0.2) is 36.4 Å². The van der Waals surface area contributed by atoms with Crippen LogP contribution >= 0.6 is 11.6 Å². The molecular weight excluding hydrogens is 398 g/mol. The number of esters is 1. The minimum Gasteiger partial charge on any atom is -0.483 e. The van der Waals surface area contributed by atoms with Crippen LogP contribution in [0.3, 0.4) is 0 Å². The number of hydrogen-bond acceptors (Lipinski definition) is 6. The van der Waals surface area contributed by atoms with E-state index in [-0.39, 0.29) is 35.2 Å². The summed E-state index contributed by atoms with van der Waals surface area (Å²) in [5.74, 6) is -1.12. The van der Waals surface area contributed by atoms with Gasteiger partial charge in [-0.2, -0.15) is 5.26 Å². The molecule has 0 aliphatic heterocycles. The molecule has 0 saturated carbocycles. The van der Waals surface area contributed by atoms with Crippen molar-refractivity contribution in [1.82, 2.24) is 10.6 Å². The fourth-order valence-electron chi connectivity index (χ4n) is 2.35. The normalized spacial score (nSPS) is 9.86. The van der Waals surface area contributed by atoms with Gasteiger partial charge >= 0.3 is 5.97 Å². The van der Waals surface area contributed by atoms with E-state index in [4.69, 9.17) is 21.6 Å². The van der Waals surface area contributed by atoms with Crippen LogP contribution in [-0.4, -0.2) is 38.5 Å². The Balaban J connectivity index is 2.17. The zero-order chi connectivity index (χ0) is 21.4. The van der Waals surface area contributed by atoms with E-state index in [1.807, 2.05) is 6.07 Å². The van der Waals surface area contributed by atoms with Gasteiger partial charge in [0.1, 0.15) is 5.75 Å². The monoisotopic (exact) mass is 415 g/mol. The summed E-state index contributed by atoms with van der Waals surface area (Å²) in [4.78, 5) is 35.6. The average molecular weight is 416 g/mol. The second-order valence-electron chi connectivity index (χ2n) is 5.80. The number of nitrogens with one attached hydrogen (secondary N) is 2. The zero-order valence-electron chi connectivity index (χ0n) is 15.7. The van der Waals surface area contributed by atoms with Gasteiger partial charge in [0.05, 0.1) is 24.3 Å². The van der Waals surface area contributed by atoms with Crippen molar-refractivity contribution in [1.29, 1.82) is 5.26 Å². The van der Waals surface area contributed by atoms with Gasteiger partial charge in [0.25, 0.3) is 11.8 Å². The van der Waals surface area contributed by atoms with Gasteiger partial charge in [0.2, 0.25) is 0 Å². The Morgan fingerprint density at radius 1 is 1.14 bits per heavy atom. The summed E-state index contributed by atoms with van der Waals surface area (Å²) in [5.41, 5.74) is 1.25. The fourth-order valence-corrected chi connectivity index (χ4v) is 2.59. The molecule has 0 aliphatic rings. The summed E-state index contributed by atoms with van der Waals surface area (Å²) in [6.45, 7) is -0.170. The van der Waals surface area contributed by atoms with Crippen molar-refractivity contribution in [3.63, 3.8) is 0 Å². The van der Waals surface area contributed by atoms with Gasteiger partial charge in [-0.1, -0.05) is 17.7 Å². The second-order valence-corrected chi connectivity index (χ2v) is 6.24. The van der Waals surface area contributed by atoms with Gasteiger partial charge in [-0.25, -0.2) is 4.79 Å². The highest BCUT2D eigenvalue weighted by molar-refractivity contribution is 6.31. The minimum absolute atomic E-state index is 0.0632. The summed E-state index contributed by atoms with van der Waals surface area (Å²) < 4.78 is 10.1. The van der Waals surface area contributed by atoms with Crippen LogP contribution in [0, 0.1) is 11.3 Å². The Morgan fingerprint density at radius 3 is 2.52 bits per heavy atom. The molecule has 150 valence electrons. The Morgan fingerprint density at radius 2 is 1.86 bits per heavy atom. The molecule has 0 heterocycles. The first-order chi connectivity index (χ1) is 13.9. The molecule has 2 aromatic rings. The van der Waals surface area contributed by atoms with Crippen LogP contribution in [-0.2, 0) is 16.1 Å². The standard InChI is InChI=1S/C20H18ClN3O5/c1-23-18(25)11-29-17-5-12(9-22)3-4-13(17)10-24-19(26)14-6-15(20(27)28-2)8-16(21)7-14/h3-8H,10-11H2,1-2H3,(H,23,25)(H,24,26). The van der Waals surface area contributed by atoms with E-state index in [1.165, 1.54) is 38.4 Å². The van der Waals surface area contributed by atoms with E-state index in [2.05, 4.69) is 15.4 Å². The average Bonchev–Trinajstić information content (AvgIpc) is 2.74. The first-order valence-corrected chi connectivity index (χ1v) is 8.79. The van der Waals surface area contributed by atoms with Crippen LogP contribution in [0.1, 0.15) is 31.8 Å². The minimum atomic E-state index is -0.612. The van der Waals surface area contributed by atoms with Crippen molar-refractivity contribution in [2.75, 3.05) is 20.8 Å². The lowest BCUT2D eigenvalue weighted by molar-refractivity contribution is -0.122. The van der Waals surface area contributed by atoms with Gasteiger partial charge in [-0.05, 0) is 30.3 Å². The van der Waals surface area contributed by atoms with Gasteiger partial charge in [-0.15, -0.1) is 0 Å². The smallest absolute Gasteiger partial charge is 0.337 e. The molecule has 0 aliphatic carbocycles. The molecule has 8 nitrogen and oxygen atoms in total. The molecule has 0 spiro atoms. The van der Waals surface area contributed by atoms with E-state index in [9.17, 15) is 14.4 Å². The maximum atomic E-state index is 12.5. The number of halogens is 1. The number of nitriles is 1. The number of rotatable bonds is 7. The van der Waals surface area contributed by atoms with Gasteiger partial charge in [-0.3, -0.25) is 9.59 Å². The molecule has 2 N–H and O–H groups in total. The maximum absolute atomic E-state index is 12.5. The highest BCUT2D eigenvalue weighted by Crippen LogP contribution is 2.21. The number of ether oxygens (including phenoxy) is 2. The molecule has 0 fully saturated rings. The van der Waals surface area contributed by atoms with Crippen molar-refractivity contribution in [3.05, 3.63) is 63.7 Å². The van der Waals surface area contributed by atoms with Crippen molar-refractivity contribution in [3.8, 4) is 11.8 Å². The zero-order valence-corrected chi connectivity index (χ0v) is 16.5. The first kappa shape index (κ1) is 21.7. The van der Waals surface area contributed by atoms with E-state index >= 15 is 0 Å². The van der Waals surface area contributed by atoms with Crippen molar-refractivity contribution >= 4 is 29.4 Å². The number of carbonyl (C=O) groups is 3. The molecule has 0 aromatic heterocycles. The number of methoxy groups -OCH3 is 1. The molecule has 0 bridgehead atoms. The van der Waals surface area contributed by atoms with Crippen LogP contribution in [0.25, 0.3) is 0 Å². The molecular formula is C20H18ClN3O5. The van der Waals surface area contributed by atoms with Crippen LogP contribution < -0.4 is 15.4 Å². The highest BCUT2D eigenvalue weighted by Gasteiger charge is 2.14. The molecule has 2 amide bonds. The lowest BCUT2D eigenvalue weighted by Gasteiger charge is -2.13. The lowest BCUT2D eigenvalue weighted by atomic mass is 10.1. The van der Waals surface area contributed by atoms with E-state index in [0.717, 1.165) is 0 Å². The van der Waals surface area contributed by atoms with E-state index < -0.39 is 11.9 Å². The maximum Gasteiger partial charge on any atom is 0.337 e. The molecule has 9 heteroatoms. The Bertz CT molecular complexity index is 985. The van der Waals surface area contributed by atoms with E-state index in [1.54, 1.807) is 12.1 Å². The molecule has 0 saturated heterocycles. The summed E-state index contributed by atoms with van der Waals surface area (Å²) in [6, 6.07) is 10.9. The summed E-state index contributed by atoms with van der Waals surface area (Å²) in [7, 11) is 2.71. The Labute approximate surface area is 172 Å². The quantitative estimate of drug-likeness (QED) is 0.668. The van der Waals surface area contributed by atoms with Crippen molar-refractivity contribution in [2.45, 2.75) is 6.54 Å². The third-order valence-electron chi connectivity index (χ3n) is 3.85. The van der Waals surface area contributed by atoms with Crippen LogP contribution in [0.4, 0.5) is 0 Å². The molecule has 0 radical (unpaired) electrons. The number of benzene rings is 2. The highest BCUT2D eigenvalue weighted by atomic mass is 35.5. The molecule has 29 heavy (non-hydrogen) atoms. The third kappa shape index (κ3) is 5.96. The number of carbonyl (C=O) groups excluding carboxylic acids is 3. The molecule has 2 aromatic carbocycles. The van der Waals surface area contributed by atoms with Gasteiger partial charge < -0.3 is 20.1 Å².